The van der Waals surface area contributed by atoms with Gasteiger partial charge < -0.3 is 9.47 Å². The summed E-state index contributed by atoms with van der Waals surface area (Å²) in [6, 6.07) is 8.79. The molecule has 0 aromatic heterocycles. The number of anilines is 1. The fraction of sp³-hybridized carbons (Fsp3) is 0.294. The van der Waals surface area contributed by atoms with Gasteiger partial charge in [-0.25, -0.2) is 12.8 Å². The average molecular weight is 353 g/mol. The van der Waals surface area contributed by atoms with Crippen LogP contribution in [0.4, 0.5) is 10.1 Å². The van der Waals surface area contributed by atoms with Crippen molar-refractivity contribution in [1.29, 1.82) is 0 Å². The molecule has 0 aliphatic carbocycles. The first kappa shape index (κ1) is 18.1. The maximum atomic E-state index is 14.1. The van der Waals surface area contributed by atoms with Crippen molar-refractivity contribution in [2.75, 3.05) is 18.9 Å². The van der Waals surface area contributed by atoms with Gasteiger partial charge >= 0.3 is 0 Å². The molecule has 0 bridgehead atoms. The highest BCUT2D eigenvalue weighted by molar-refractivity contribution is 7.92. The Balaban J connectivity index is 2.35. The van der Waals surface area contributed by atoms with E-state index in [4.69, 9.17) is 9.47 Å². The molecule has 0 fully saturated rings. The first-order valence-corrected chi connectivity index (χ1v) is 8.81. The molecule has 2 aromatic carbocycles. The van der Waals surface area contributed by atoms with Crippen LogP contribution in [0.5, 0.6) is 11.5 Å². The van der Waals surface area contributed by atoms with Crippen LogP contribution in [0.3, 0.4) is 0 Å². The van der Waals surface area contributed by atoms with E-state index < -0.39 is 15.8 Å². The number of hydrogen-bond acceptors (Lipinski definition) is 4. The van der Waals surface area contributed by atoms with Gasteiger partial charge in [-0.05, 0) is 23.6 Å². The molecule has 5 nitrogen and oxygen atoms in total. The molecule has 0 spiro atoms. The number of sulfonamides is 1. The van der Waals surface area contributed by atoms with E-state index in [1.54, 1.807) is 12.1 Å². The molecule has 0 amide bonds. The predicted molar refractivity (Wildman–Crippen MR) is 90.8 cm³/mol. The van der Waals surface area contributed by atoms with Crippen molar-refractivity contribution in [1.82, 2.24) is 0 Å². The van der Waals surface area contributed by atoms with Gasteiger partial charge in [0.1, 0.15) is 0 Å². The third-order valence-corrected chi connectivity index (χ3v) is 4.96. The Labute approximate surface area is 141 Å². The third-order valence-electron chi connectivity index (χ3n) is 3.57. The zero-order valence-electron chi connectivity index (χ0n) is 14.0. The second kappa shape index (κ2) is 7.09. The minimum Gasteiger partial charge on any atom is -0.493 e. The van der Waals surface area contributed by atoms with Crippen molar-refractivity contribution in [2.24, 2.45) is 0 Å². The lowest BCUT2D eigenvalue weighted by Gasteiger charge is -2.13. The van der Waals surface area contributed by atoms with E-state index in [-0.39, 0.29) is 28.0 Å². The van der Waals surface area contributed by atoms with Gasteiger partial charge in [-0.3, -0.25) is 4.72 Å². The van der Waals surface area contributed by atoms with Crippen LogP contribution in [0, 0.1) is 5.82 Å². The van der Waals surface area contributed by atoms with Crippen LogP contribution in [-0.4, -0.2) is 22.6 Å². The summed E-state index contributed by atoms with van der Waals surface area (Å²) in [7, 11) is -1.15. The minimum absolute atomic E-state index is 0.0566. The molecule has 0 heterocycles. The molecular formula is C17H20FNO4S. The molecule has 0 saturated carbocycles. The Hall–Kier alpha value is -2.28. The topological polar surface area (TPSA) is 64.6 Å². The van der Waals surface area contributed by atoms with Gasteiger partial charge in [-0.1, -0.05) is 26.0 Å². The van der Waals surface area contributed by atoms with Crippen molar-refractivity contribution in [3.8, 4) is 11.5 Å². The molecule has 2 rings (SSSR count). The number of rotatable bonds is 6. The molecule has 0 aliphatic rings. The summed E-state index contributed by atoms with van der Waals surface area (Å²) in [6.45, 7) is 4.03. The second-order valence-corrected chi connectivity index (χ2v) is 7.20. The summed E-state index contributed by atoms with van der Waals surface area (Å²) in [5.41, 5.74) is 0.812. The van der Waals surface area contributed by atoms with Gasteiger partial charge in [0.25, 0.3) is 10.0 Å². The summed E-state index contributed by atoms with van der Waals surface area (Å²) >= 11 is 0. The van der Waals surface area contributed by atoms with Crippen LogP contribution in [-0.2, 0) is 10.0 Å². The maximum absolute atomic E-state index is 14.1. The summed E-state index contributed by atoms with van der Waals surface area (Å²) in [5.74, 6) is -0.0565. The molecule has 2 aromatic rings. The van der Waals surface area contributed by atoms with Gasteiger partial charge in [0.2, 0.25) is 0 Å². The number of ether oxygens (including phenoxy) is 2. The molecule has 7 heteroatoms. The minimum atomic E-state index is -3.91. The van der Waals surface area contributed by atoms with E-state index in [0.29, 0.717) is 0 Å². The largest absolute Gasteiger partial charge is 0.493 e. The Kier molecular flexibility index (Phi) is 5.33. The van der Waals surface area contributed by atoms with E-state index in [1.807, 2.05) is 13.8 Å². The summed E-state index contributed by atoms with van der Waals surface area (Å²) in [5, 5.41) is 0. The van der Waals surface area contributed by atoms with Gasteiger partial charge in [0.05, 0.1) is 24.8 Å². The Bertz CT molecular complexity index is 817. The summed E-state index contributed by atoms with van der Waals surface area (Å²) < 4.78 is 51.3. The van der Waals surface area contributed by atoms with E-state index in [9.17, 15) is 12.8 Å². The highest BCUT2D eigenvalue weighted by atomic mass is 32.2. The molecule has 0 atom stereocenters. The Morgan fingerprint density at radius 3 is 2.04 bits per heavy atom. The maximum Gasteiger partial charge on any atom is 0.261 e. The molecule has 24 heavy (non-hydrogen) atoms. The number of benzene rings is 2. The number of hydrogen-bond donors (Lipinski definition) is 1. The molecule has 0 radical (unpaired) electrons. The zero-order chi connectivity index (χ0) is 17.9. The molecule has 0 unspecified atom stereocenters. The van der Waals surface area contributed by atoms with Crippen LogP contribution in [0.25, 0.3) is 0 Å². The highest BCUT2D eigenvalue weighted by Gasteiger charge is 2.19. The summed E-state index contributed by atoms with van der Waals surface area (Å²) in [6.07, 6.45) is 0. The van der Waals surface area contributed by atoms with Gasteiger partial charge in [-0.2, -0.15) is 0 Å². The van der Waals surface area contributed by atoms with Gasteiger partial charge in [-0.15, -0.1) is 0 Å². The first-order chi connectivity index (χ1) is 11.3. The number of halogens is 1. The van der Waals surface area contributed by atoms with E-state index in [1.165, 1.54) is 32.4 Å². The van der Waals surface area contributed by atoms with Crippen LogP contribution < -0.4 is 14.2 Å². The lowest BCUT2D eigenvalue weighted by atomic mass is 10.0. The fourth-order valence-electron chi connectivity index (χ4n) is 2.17. The standard InChI is InChI=1S/C17H20FNO4S/c1-11(2)12-5-7-13(8-6-12)24(20,21)19-15-10-17(23-4)16(22-3)9-14(15)18/h5-11,19H,1-4H3. The lowest BCUT2D eigenvalue weighted by molar-refractivity contribution is 0.353. The SMILES string of the molecule is COc1cc(F)c(NS(=O)(=O)c2ccc(C(C)C)cc2)cc1OC. The van der Waals surface area contributed by atoms with Crippen molar-refractivity contribution < 1.29 is 22.3 Å². The average Bonchev–Trinajstić information content (AvgIpc) is 2.56. The highest BCUT2D eigenvalue weighted by Crippen LogP contribution is 2.33. The molecule has 1 N–H and O–H groups in total. The quantitative estimate of drug-likeness (QED) is 0.859. The smallest absolute Gasteiger partial charge is 0.261 e. The van der Waals surface area contributed by atoms with Crippen LogP contribution in [0.2, 0.25) is 0 Å². The van der Waals surface area contributed by atoms with Crippen LogP contribution >= 0.6 is 0 Å². The number of nitrogens with one attached hydrogen (secondary N) is 1. The van der Waals surface area contributed by atoms with Crippen molar-refractivity contribution in [2.45, 2.75) is 24.7 Å². The van der Waals surface area contributed by atoms with Gasteiger partial charge in [0, 0.05) is 12.1 Å². The van der Waals surface area contributed by atoms with Crippen LogP contribution in [0.1, 0.15) is 25.3 Å². The third kappa shape index (κ3) is 3.79. The lowest BCUT2D eigenvalue weighted by Crippen LogP contribution is -2.14. The van der Waals surface area contributed by atoms with E-state index >= 15 is 0 Å². The summed E-state index contributed by atoms with van der Waals surface area (Å²) in [4.78, 5) is 0.0566. The van der Waals surface area contributed by atoms with Crippen molar-refractivity contribution in [3.05, 3.63) is 47.8 Å². The monoisotopic (exact) mass is 353 g/mol. The fourth-order valence-corrected chi connectivity index (χ4v) is 3.23. The van der Waals surface area contributed by atoms with E-state index in [2.05, 4.69) is 4.72 Å². The Morgan fingerprint density at radius 2 is 1.54 bits per heavy atom. The van der Waals surface area contributed by atoms with Crippen molar-refractivity contribution >= 4 is 15.7 Å². The molecule has 0 saturated heterocycles. The predicted octanol–water partition coefficient (Wildman–Crippen LogP) is 3.77. The van der Waals surface area contributed by atoms with Crippen molar-refractivity contribution in [3.63, 3.8) is 0 Å². The molecule has 0 aliphatic heterocycles. The van der Waals surface area contributed by atoms with Gasteiger partial charge in [0.15, 0.2) is 17.3 Å². The second-order valence-electron chi connectivity index (χ2n) is 5.52. The first-order valence-electron chi connectivity index (χ1n) is 7.32. The Morgan fingerprint density at radius 1 is 1.00 bits per heavy atom. The van der Waals surface area contributed by atoms with Crippen LogP contribution in [0.15, 0.2) is 41.3 Å². The zero-order valence-corrected chi connectivity index (χ0v) is 14.8. The number of methoxy groups -OCH3 is 2. The van der Waals surface area contributed by atoms with E-state index in [0.717, 1.165) is 11.6 Å². The molecular weight excluding hydrogens is 333 g/mol. The molecule has 130 valence electrons. The normalized spacial score (nSPS) is 11.4.